The highest BCUT2D eigenvalue weighted by Crippen LogP contribution is 2.34. The van der Waals surface area contributed by atoms with E-state index in [1.165, 1.54) is 11.3 Å². The molecular weight excluding hydrogens is 320 g/mol. The molecule has 108 valence electrons. The minimum Gasteiger partial charge on any atom is -0.309 e. The molecular formula is C12H13ClN2O3S2. The Bertz CT molecular complexity index is 838. The molecule has 5 nitrogen and oxygen atoms in total. The van der Waals surface area contributed by atoms with Gasteiger partial charge in [-0.15, -0.1) is 22.9 Å². The molecule has 3 heterocycles. The van der Waals surface area contributed by atoms with Gasteiger partial charge in [-0.25, -0.2) is 13.4 Å². The predicted molar refractivity (Wildman–Crippen MR) is 80.3 cm³/mol. The molecule has 0 saturated carbocycles. The average Bonchev–Trinajstić information content (AvgIpc) is 2.73. The largest absolute Gasteiger partial charge is 0.309 e. The van der Waals surface area contributed by atoms with Gasteiger partial charge in [0.1, 0.15) is 10.7 Å². The van der Waals surface area contributed by atoms with Crippen LogP contribution in [0.15, 0.2) is 4.79 Å². The number of aromatic amines is 1. The van der Waals surface area contributed by atoms with Crippen LogP contribution in [0.4, 0.5) is 0 Å². The van der Waals surface area contributed by atoms with Crippen molar-refractivity contribution in [1.29, 1.82) is 0 Å². The number of hydrogen-bond acceptors (Lipinski definition) is 5. The van der Waals surface area contributed by atoms with Gasteiger partial charge in [0.2, 0.25) is 0 Å². The fourth-order valence-electron chi connectivity index (χ4n) is 2.38. The van der Waals surface area contributed by atoms with Crippen LogP contribution >= 0.6 is 22.9 Å². The lowest BCUT2D eigenvalue weighted by atomic mass is 10.1. The molecule has 0 bridgehead atoms. The Hall–Kier alpha value is -0.920. The van der Waals surface area contributed by atoms with Crippen molar-refractivity contribution in [1.82, 2.24) is 9.97 Å². The quantitative estimate of drug-likeness (QED) is 0.854. The normalized spacial score (nSPS) is 18.9. The van der Waals surface area contributed by atoms with Crippen molar-refractivity contribution in [2.45, 2.75) is 30.9 Å². The summed E-state index contributed by atoms with van der Waals surface area (Å²) >= 11 is 7.40. The third-order valence-electron chi connectivity index (χ3n) is 3.43. The number of sulfone groups is 1. The van der Waals surface area contributed by atoms with E-state index in [1.54, 1.807) is 0 Å². The molecule has 2 aromatic rings. The van der Waals surface area contributed by atoms with Gasteiger partial charge in [-0.3, -0.25) is 4.79 Å². The molecule has 0 fully saturated rings. The highest BCUT2D eigenvalue weighted by atomic mass is 35.5. The Morgan fingerprint density at radius 1 is 1.50 bits per heavy atom. The van der Waals surface area contributed by atoms with Gasteiger partial charge in [-0.1, -0.05) is 6.92 Å². The lowest BCUT2D eigenvalue weighted by molar-refractivity contribution is 0.592. The number of hydrogen-bond donors (Lipinski definition) is 1. The van der Waals surface area contributed by atoms with Crippen LogP contribution in [0.25, 0.3) is 10.2 Å². The van der Waals surface area contributed by atoms with Crippen LogP contribution in [0.1, 0.15) is 35.0 Å². The van der Waals surface area contributed by atoms with Crippen molar-refractivity contribution in [3.8, 4) is 0 Å². The summed E-state index contributed by atoms with van der Waals surface area (Å²) in [6.45, 7) is 1.91. The maximum Gasteiger partial charge on any atom is 0.259 e. The van der Waals surface area contributed by atoms with Crippen LogP contribution in [-0.2, 0) is 22.0 Å². The van der Waals surface area contributed by atoms with E-state index in [0.29, 0.717) is 28.9 Å². The van der Waals surface area contributed by atoms with Crippen LogP contribution in [0, 0.1) is 0 Å². The molecule has 0 amide bonds. The SMILES string of the molecule is CCC(Cl)c1nc2sc3c(c2c(=O)[nH]1)CCS(=O)(=O)C3. The van der Waals surface area contributed by atoms with Crippen molar-refractivity contribution in [2.75, 3.05) is 5.75 Å². The number of alkyl halides is 1. The van der Waals surface area contributed by atoms with Crippen molar-refractivity contribution >= 4 is 43.0 Å². The standard InChI is InChI=1S/C12H13ClN2O3S2/c1-2-7(13)10-14-11(16)9-6-3-4-20(17,18)5-8(6)19-12(9)15-10/h7H,2-5H2,1H3,(H,14,15,16). The zero-order valence-electron chi connectivity index (χ0n) is 10.8. The average molecular weight is 333 g/mol. The fourth-order valence-corrected chi connectivity index (χ4v) is 5.51. The first-order valence-electron chi connectivity index (χ1n) is 6.30. The molecule has 1 unspecified atom stereocenters. The van der Waals surface area contributed by atoms with Crippen LogP contribution < -0.4 is 5.56 Å². The molecule has 1 aliphatic rings. The van der Waals surface area contributed by atoms with E-state index in [-0.39, 0.29) is 22.4 Å². The van der Waals surface area contributed by atoms with Crippen LogP contribution in [0.2, 0.25) is 0 Å². The summed E-state index contributed by atoms with van der Waals surface area (Å²) < 4.78 is 23.4. The van der Waals surface area contributed by atoms with Crippen molar-refractivity contribution in [2.24, 2.45) is 0 Å². The summed E-state index contributed by atoms with van der Waals surface area (Å²) in [6, 6.07) is 0. The number of H-pyrrole nitrogens is 1. The highest BCUT2D eigenvalue weighted by Gasteiger charge is 2.27. The number of aromatic nitrogens is 2. The summed E-state index contributed by atoms with van der Waals surface area (Å²) in [7, 11) is -3.04. The second-order valence-electron chi connectivity index (χ2n) is 4.85. The first-order chi connectivity index (χ1) is 9.41. The van der Waals surface area contributed by atoms with Gasteiger partial charge in [0, 0.05) is 4.88 Å². The Labute approximate surface area is 124 Å². The van der Waals surface area contributed by atoms with E-state index in [1.807, 2.05) is 6.92 Å². The second-order valence-corrected chi connectivity index (χ2v) is 8.65. The third kappa shape index (κ3) is 2.27. The van der Waals surface area contributed by atoms with Gasteiger partial charge in [0.25, 0.3) is 5.56 Å². The summed E-state index contributed by atoms with van der Waals surface area (Å²) in [4.78, 5) is 20.7. The molecule has 20 heavy (non-hydrogen) atoms. The number of aryl methyl sites for hydroxylation is 1. The Morgan fingerprint density at radius 3 is 2.95 bits per heavy atom. The topological polar surface area (TPSA) is 79.9 Å². The first-order valence-corrected chi connectivity index (χ1v) is 9.37. The van der Waals surface area contributed by atoms with Crippen LogP contribution in [0.5, 0.6) is 0 Å². The molecule has 0 radical (unpaired) electrons. The maximum absolute atomic E-state index is 12.2. The molecule has 2 aromatic heterocycles. The lowest BCUT2D eigenvalue weighted by Gasteiger charge is -2.11. The summed E-state index contributed by atoms with van der Waals surface area (Å²) in [5, 5.41) is 0.193. The number of nitrogens with zero attached hydrogens (tertiary/aromatic N) is 1. The number of nitrogens with one attached hydrogen (secondary N) is 1. The predicted octanol–water partition coefficient (Wildman–Crippen LogP) is 2.15. The van der Waals surface area contributed by atoms with E-state index in [0.717, 1.165) is 10.4 Å². The highest BCUT2D eigenvalue weighted by molar-refractivity contribution is 7.90. The van der Waals surface area contributed by atoms with Gasteiger partial charge in [0.15, 0.2) is 9.84 Å². The molecule has 1 N–H and O–H groups in total. The number of rotatable bonds is 2. The fraction of sp³-hybridized carbons (Fsp3) is 0.500. The molecule has 0 aromatic carbocycles. The van der Waals surface area contributed by atoms with E-state index in [4.69, 9.17) is 11.6 Å². The van der Waals surface area contributed by atoms with E-state index in [2.05, 4.69) is 9.97 Å². The van der Waals surface area contributed by atoms with Crippen molar-refractivity contribution < 1.29 is 8.42 Å². The van der Waals surface area contributed by atoms with E-state index < -0.39 is 9.84 Å². The Kier molecular flexibility index (Phi) is 3.38. The monoisotopic (exact) mass is 332 g/mol. The van der Waals surface area contributed by atoms with Crippen molar-refractivity contribution in [3.05, 3.63) is 26.6 Å². The molecule has 8 heteroatoms. The molecule has 3 rings (SSSR count). The third-order valence-corrected chi connectivity index (χ3v) is 6.81. The number of fused-ring (bicyclic) bond motifs is 3. The maximum atomic E-state index is 12.2. The minimum absolute atomic E-state index is 0.0101. The number of thiophene rings is 1. The van der Waals surface area contributed by atoms with Gasteiger partial charge in [-0.2, -0.15) is 0 Å². The molecule has 0 spiro atoms. The number of halogens is 1. The lowest BCUT2D eigenvalue weighted by Crippen LogP contribution is -2.19. The van der Waals surface area contributed by atoms with Gasteiger partial charge >= 0.3 is 0 Å². The zero-order valence-corrected chi connectivity index (χ0v) is 13.2. The van der Waals surface area contributed by atoms with Crippen molar-refractivity contribution in [3.63, 3.8) is 0 Å². The zero-order chi connectivity index (χ0) is 14.5. The van der Waals surface area contributed by atoms with Gasteiger partial charge < -0.3 is 4.98 Å². The van der Waals surface area contributed by atoms with E-state index >= 15 is 0 Å². The summed E-state index contributed by atoms with van der Waals surface area (Å²) in [5.41, 5.74) is 0.614. The Morgan fingerprint density at radius 2 is 2.25 bits per heavy atom. The smallest absolute Gasteiger partial charge is 0.259 e. The minimum atomic E-state index is -3.04. The van der Waals surface area contributed by atoms with E-state index in [9.17, 15) is 13.2 Å². The Balaban J connectivity index is 2.23. The van der Waals surface area contributed by atoms with Gasteiger partial charge in [0.05, 0.1) is 22.3 Å². The molecule has 1 atom stereocenters. The van der Waals surface area contributed by atoms with Gasteiger partial charge in [-0.05, 0) is 18.4 Å². The summed E-state index contributed by atoms with van der Waals surface area (Å²) in [5.74, 6) is 0.559. The molecule has 0 saturated heterocycles. The molecule has 0 aliphatic carbocycles. The molecule has 1 aliphatic heterocycles. The summed E-state index contributed by atoms with van der Waals surface area (Å²) in [6.07, 6.45) is 1.05. The van der Waals surface area contributed by atoms with Crippen LogP contribution in [-0.4, -0.2) is 24.1 Å². The second kappa shape index (κ2) is 4.82. The van der Waals surface area contributed by atoms with Crippen LogP contribution in [0.3, 0.4) is 0 Å². The first kappa shape index (κ1) is 14.0.